The number of rotatable bonds is 6. The molecule has 0 aliphatic rings. The van der Waals surface area contributed by atoms with E-state index in [0.717, 1.165) is 17.0 Å². The highest BCUT2D eigenvalue weighted by Gasteiger charge is 2.23. The lowest BCUT2D eigenvalue weighted by atomic mass is 10.2. The van der Waals surface area contributed by atoms with Crippen LogP contribution in [-0.4, -0.2) is 22.5 Å². The van der Waals surface area contributed by atoms with Crippen LogP contribution in [0, 0.1) is 25.2 Å². The van der Waals surface area contributed by atoms with Crippen LogP contribution in [0.1, 0.15) is 39.8 Å². The maximum atomic E-state index is 12.7. The van der Waals surface area contributed by atoms with Gasteiger partial charge in [0.05, 0.1) is 16.8 Å². The Labute approximate surface area is 175 Å². The summed E-state index contributed by atoms with van der Waals surface area (Å²) in [4.78, 5) is 25.1. The SMILES string of the molecule is Cc1cc(C(=O)O[C@H](C)C(=O)Nc2ccccc2C#N)c(C)n1Cc1ccccc1. The summed E-state index contributed by atoms with van der Waals surface area (Å²) in [5.74, 6) is -1.05. The average molecular weight is 401 g/mol. The average Bonchev–Trinajstić information content (AvgIpc) is 3.03. The number of nitrogens with one attached hydrogen (secondary N) is 1. The number of carbonyl (C=O) groups is 2. The number of para-hydroxylation sites is 1. The van der Waals surface area contributed by atoms with Gasteiger partial charge < -0.3 is 14.6 Å². The predicted octanol–water partition coefficient (Wildman–Crippen LogP) is 4.21. The number of esters is 1. The quantitative estimate of drug-likeness (QED) is 0.627. The topological polar surface area (TPSA) is 84.1 Å². The van der Waals surface area contributed by atoms with E-state index in [2.05, 4.69) is 5.32 Å². The number of nitrogens with zero attached hydrogens (tertiary/aromatic N) is 2. The van der Waals surface area contributed by atoms with Gasteiger partial charge in [0, 0.05) is 17.9 Å². The van der Waals surface area contributed by atoms with Gasteiger partial charge in [0.1, 0.15) is 6.07 Å². The molecule has 30 heavy (non-hydrogen) atoms. The molecule has 0 saturated carbocycles. The monoisotopic (exact) mass is 401 g/mol. The highest BCUT2D eigenvalue weighted by molar-refractivity contribution is 5.98. The molecule has 2 aromatic carbocycles. The Balaban J connectivity index is 1.70. The van der Waals surface area contributed by atoms with Crippen molar-refractivity contribution in [3.63, 3.8) is 0 Å². The van der Waals surface area contributed by atoms with Gasteiger partial charge >= 0.3 is 5.97 Å². The Morgan fingerprint density at radius 1 is 1.10 bits per heavy atom. The molecule has 0 spiro atoms. The van der Waals surface area contributed by atoms with E-state index < -0.39 is 18.0 Å². The Hall–Kier alpha value is -3.85. The molecular weight excluding hydrogens is 378 g/mol. The molecule has 6 heteroatoms. The minimum atomic E-state index is -1.01. The van der Waals surface area contributed by atoms with Crippen LogP contribution >= 0.6 is 0 Å². The number of nitriles is 1. The van der Waals surface area contributed by atoms with E-state index in [-0.39, 0.29) is 0 Å². The summed E-state index contributed by atoms with van der Waals surface area (Å²) in [7, 11) is 0. The first kappa shape index (κ1) is 20.9. The second kappa shape index (κ2) is 9.10. The van der Waals surface area contributed by atoms with E-state index in [1.54, 1.807) is 30.3 Å². The van der Waals surface area contributed by atoms with Crippen molar-refractivity contribution >= 4 is 17.6 Å². The van der Waals surface area contributed by atoms with Crippen LogP contribution in [0.3, 0.4) is 0 Å². The molecular formula is C24H23N3O3. The lowest BCUT2D eigenvalue weighted by molar-refractivity contribution is -0.123. The molecule has 1 atom stereocenters. The molecule has 0 unspecified atom stereocenters. The minimum Gasteiger partial charge on any atom is -0.449 e. The number of ether oxygens (including phenoxy) is 1. The Morgan fingerprint density at radius 3 is 2.47 bits per heavy atom. The van der Waals surface area contributed by atoms with E-state index in [0.29, 0.717) is 23.4 Å². The molecule has 0 aliphatic carbocycles. The number of aryl methyl sites for hydroxylation is 1. The smallest absolute Gasteiger partial charge is 0.340 e. The zero-order valence-corrected chi connectivity index (χ0v) is 17.2. The molecule has 152 valence electrons. The van der Waals surface area contributed by atoms with E-state index in [4.69, 9.17) is 10.00 Å². The number of hydrogen-bond acceptors (Lipinski definition) is 4. The first-order valence-corrected chi connectivity index (χ1v) is 9.62. The third-order valence-corrected chi connectivity index (χ3v) is 4.94. The predicted molar refractivity (Wildman–Crippen MR) is 114 cm³/mol. The summed E-state index contributed by atoms with van der Waals surface area (Å²) in [6, 6.07) is 20.4. The summed E-state index contributed by atoms with van der Waals surface area (Å²) in [5, 5.41) is 11.8. The van der Waals surface area contributed by atoms with Gasteiger partial charge in [-0.3, -0.25) is 4.79 Å². The second-order valence-corrected chi connectivity index (χ2v) is 7.05. The molecule has 0 saturated heterocycles. The Bertz CT molecular complexity index is 1110. The van der Waals surface area contributed by atoms with E-state index in [1.807, 2.05) is 54.8 Å². The minimum absolute atomic E-state index is 0.342. The fourth-order valence-electron chi connectivity index (χ4n) is 3.22. The highest BCUT2D eigenvalue weighted by atomic mass is 16.5. The standard InChI is InChI=1S/C24H23N3O3/c1-16-13-21(17(2)27(16)15-19-9-5-4-6-10-19)24(29)30-18(3)23(28)26-22-12-8-7-11-20(22)14-25/h4-13,18H,15H2,1-3H3,(H,26,28)/t18-/m1/s1. The van der Waals surface area contributed by atoms with Gasteiger partial charge in [0.25, 0.3) is 5.91 Å². The summed E-state index contributed by atoms with van der Waals surface area (Å²) in [6.45, 7) is 5.94. The molecule has 1 heterocycles. The van der Waals surface area contributed by atoms with E-state index in [9.17, 15) is 9.59 Å². The maximum absolute atomic E-state index is 12.7. The number of anilines is 1. The lowest BCUT2D eigenvalue weighted by Gasteiger charge is -2.14. The van der Waals surface area contributed by atoms with Crippen LogP contribution in [0.2, 0.25) is 0 Å². The highest BCUT2D eigenvalue weighted by Crippen LogP contribution is 2.19. The zero-order valence-electron chi connectivity index (χ0n) is 17.2. The third-order valence-electron chi connectivity index (χ3n) is 4.94. The van der Waals surface area contributed by atoms with Crippen LogP contribution in [0.25, 0.3) is 0 Å². The molecule has 0 aliphatic heterocycles. The third kappa shape index (κ3) is 4.58. The van der Waals surface area contributed by atoms with Crippen LogP contribution in [-0.2, 0) is 16.1 Å². The fraction of sp³-hybridized carbons (Fsp3) is 0.208. The maximum Gasteiger partial charge on any atom is 0.340 e. The number of hydrogen-bond donors (Lipinski definition) is 1. The van der Waals surface area contributed by atoms with Gasteiger partial charge in [-0.05, 0) is 44.5 Å². The van der Waals surface area contributed by atoms with Crippen molar-refractivity contribution in [3.8, 4) is 6.07 Å². The lowest BCUT2D eigenvalue weighted by Crippen LogP contribution is -2.30. The van der Waals surface area contributed by atoms with Crippen molar-refractivity contribution in [2.24, 2.45) is 0 Å². The van der Waals surface area contributed by atoms with Gasteiger partial charge in [-0.2, -0.15) is 5.26 Å². The molecule has 0 fully saturated rings. The molecule has 6 nitrogen and oxygen atoms in total. The van der Waals surface area contributed by atoms with E-state index in [1.165, 1.54) is 6.92 Å². The number of benzene rings is 2. The number of aromatic nitrogens is 1. The fourth-order valence-corrected chi connectivity index (χ4v) is 3.22. The first-order chi connectivity index (χ1) is 14.4. The van der Waals surface area contributed by atoms with Gasteiger partial charge in [-0.15, -0.1) is 0 Å². The molecule has 1 amide bonds. The summed E-state index contributed by atoms with van der Waals surface area (Å²) in [6.07, 6.45) is -1.01. The Morgan fingerprint density at radius 2 is 1.77 bits per heavy atom. The van der Waals surface area contributed by atoms with Crippen LogP contribution in [0.4, 0.5) is 5.69 Å². The van der Waals surface area contributed by atoms with E-state index >= 15 is 0 Å². The van der Waals surface area contributed by atoms with Gasteiger partial charge in [-0.25, -0.2) is 4.79 Å². The molecule has 1 N–H and O–H groups in total. The second-order valence-electron chi connectivity index (χ2n) is 7.05. The summed E-state index contributed by atoms with van der Waals surface area (Å²) >= 11 is 0. The number of amides is 1. The summed E-state index contributed by atoms with van der Waals surface area (Å²) in [5.41, 5.74) is 4.00. The molecule has 3 aromatic rings. The zero-order chi connectivity index (χ0) is 21.7. The van der Waals surface area contributed by atoms with Crippen molar-refractivity contribution in [1.82, 2.24) is 4.57 Å². The number of carbonyl (C=O) groups excluding carboxylic acids is 2. The van der Waals surface area contributed by atoms with Crippen LogP contribution in [0.15, 0.2) is 60.7 Å². The first-order valence-electron chi connectivity index (χ1n) is 9.62. The molecule has 1 aromatic heterocycles. The molecule has 3 rings (SSSR count). The van der Waals surface area contributed by atoms with Gasteiger partial charge in [0.2, 0.25) is 0 Å². The Kier molecular flexibility index (Phi) is 6.33. The largest absolute Gasteiger partial charge is 0.449 e. The van der Waals surface area contributed by atoms with Crippen molar-refractivity contribution in [3.05, 3.63) is 88.7 Å². The van der Waals surface area contributed by atoms with Gasteiger partial charge in [-0.1, -0.05) is 42.5 Å². The van der Waals surface area contributed by atoms with Gasteiger partial charge in [0.15, 0.2) is 6.10 Å². The van der Waals surface area contributed by atoms with Crippen molar-refractivity contribution in [1.29, 1.82) is 5.26 Å². The normalized spacial score (nSPS) is 11.4. The summed E-state index contributed by atoms with van der Waals surface area (Å²) < 4.78 is 7.44. The molecule has 0 bridgehead atoms. The van der Waals surface area contributed by atoms with Crippen molar-refractivity contribution in [2.45, 2.75) is 33.4 Å². The van der Waals surface area contributed by atoms with Crippen LogP contribution < -0.4 is 5.32 Å². The van der Waals surface area contributed by atoms with Crippen molar-refractivity contribution < 1.29 is 14.3 Å². The van der Waals surface area contributed by atoms with Crippen molar-refractivity contribution in [2.75, 3.05) is 5.32 Å². The molecule has 0 radical (unpaired) electrons. The van der Waals surface area contributed by atoms with Crippen LogP contribution in [0.5, 0.6) is 0 Å².